The smallest absolute Gasteiger partial charge is 0.0988 e. The van der Waals surface area contributed by atoms with Gasteiger partial charge < -0.3 is 9.84 Å². The minimum absolute atomic E-state index is 0.112. The van der Waals surface area contributed by atoms with Gasteiger partial charge in [0.1, 0.15) is 0 Å². The summed E-state index contributed by atoms with van der Waals surface area (Å²) in [7, 11) is 0. The van der Waals surface area contributed by atoms with Crippen molar-refractivity contribution < 1.29 is 9.84 Å². The van der Waals surface area contributed by atoms with Gasteiger partial charge in [-0.1, -0.05) is 18.9 Å². The summed E-state index contributed by atoms with van der Waals surface area (Å²) in [6, 6.07) is 2.07. The van der Waals surface area contributed by atoms with E-state index in [1.165, 1.54) is 12.8 Å². The number of aryl methyl sites for hydroxylation is 1. The van der Waals surface area contributed by atoms with Crippen LogP contribution < -0.4 is 0 Å². The van der Waals surface area contributed by atoms with E-state index in [1.807, 2.05) is 19.3 Å². The van der Waals surface area contributed by atoms with Gasteiger partial charge in [0.2, 0.25) is 0 Å². The Hall–Kier alpha value is -0.970. The molecule has 3 rings (SSSR count). The molecule has 1 atom stereocenters. The number of morpholine rings is 1. The molecule has 1 aliphatic carbocycles. The van der Waals surface area contributed by atoms with Gasteiger partial charge in [-0.25, -0.2) is 0 Å². The summed E-state index contributed by atoms with van der Waals surface area (Å²) in [4.78, 5) is 6.70. The highest BCUT2D eigenvalue weighted by molar-refractivity contribution is 5.23. The van der Waals surface area contributed by atoms with Crippen molar-refractivity contribution in [3.63, 3.8) is 0 Å². The second-order valence-electron chi connectivity index (χ2n) is 6.11. The highest BCUT2D eigenvalue weighted by Crippen LogP contribution is 2.44. The monoisotopic (exact) mass is 276 g/mol. The maximum atomic E-state index is 11.0. The molecule has 1 saturated heterocycles. The number of nitrogens with zero attached hydrogens (tertiary/aromatic N) is 2. The Balaban J connectivity index is 1.89. The predicted molar refractivity (Wildman–Crippen MR) is 77.5 cm³/mol. The highest BCUT2D eigenvalue weighted by Gasteiger charge is 2.46. The van der Waals surface area contributed by atoms with Gasteiger partial charge in [0, 0.05) is 31.0 Å². The van der Waals surface area contributed by atoms with E-state index >= 15 is 0 Å². The molecule has 1 aromatic heterocycles. The van der Waals surface area contributed by atoms with Crippen LogP contribution in [0, 0.1) is 6.92 Å². The molecule has 2 fully saturated rings. The fraction of sp³-hybridized carbons (Fsp3) is 0.688. The van der Waals surface area contributed by atoms with Crippen LogP contribution in [0.2, 0.25) is 0 Å². The summed E-state index contributed by atoms with van der Waals surface area (Å²) in [5.41, 5.74) is 1.95. The molecule has 2 heterocycles. The quantitative estimate of drug-likeness (QED) is 0.918. The zero-order valence-electron chi connectivity index (χ0n) is 12.2. The normalized spacial score (nSPS) is 24.7. The molecule has 2 aliphatic rings. The standard InChI is InChI=1S/C16H24N2O2/c1-13-10-14(12-17-11-13)15(19)16(4-2-3-5-16)18-6-8-20-9-7-18/h10-12,15,19H,2-9H2,1H3. The lowest BCUT2D eigenvalue weighted by Gasteiger charge is -2.46. The first kappa shape index (κ1) is 14.0. The Morgan fingerprint density at radius 2 is 1.95 bits per heavy atom. The van der Waals surface area contributed by atoms with E-state index in [0.29, 0.717) is 0 Å². The van der Waals surface area contributed by atoms with E-state index in [2.05, 4.69) is 16.0 Å². The van der Waals surface area contributed by atoms with E-state index in [-0.39, 0.29) is 5.54 Å². The number of hydrogen-bond donors (Lipinski definition) is 1. The first-order valence-corrected chi connectivity index (χ1v) is 7.65. The summed E-state index contributed by atoms with van der Waals surface area (Å²) in [5.74, 6) is 0. The summed E-state index contributed by atoms with van der Waals surface area (Å²) in [6.07, 6.45) is 7.76. The van der Waals surface area contributed by atoms with Gasteiger partial charge in [-0.05, 0) is 25.3 Å². The van der Waals surface area contributed by atoms with Crippen molar-refractivity contribution in [2.75, 3.05) is 26.3 Å². The number of rotatable bonds is 3. The zero-order valence-corrected chi connectivity index (χ0v) is 12.2. The van der Waals surface area contributed by atoms with Crippen molar-refractivity contribution in [2.45, 2.75) is 44.2 Å². The third-order valence-corrected chi connectivity index (χ3v) is 4.83. The molecule has 4 heteroatoms. The number of hydrogen-bond acceptors (Lipinski definition) is 4. The molecule has 110 valence electrons. The van der Waals surface area contributed by atoms with Crippen LogP contribution in [-0.2, 0) is 4.74 Å². The first-order valence-electron chi connectivity index (χ1n) is 7.65. The molecule has 1 unspecified atom stereocenters. The topological polar surface area (TPSA) is 45.6 Å². The van der Waals surface area contributed by atoms with Crippen molar-refractivity contribution in [3.8, 4) is 0 Å². The van der Waals surface area contributed by atoms with Gasteiger partial charge in [-0.15, -0.1) is 0 Å². The van der Waals surface area contributed by atoms with Crippen molar-refractivity contribution in [3.05, 3.63) is 29.6 Å². The highest BCUT2D eigenvalue weighted by atomic mass is 16.5. The fourth-order valence-electron chi connectivity index (χ4n) is 3.80. The van der Waals surface area contributed by atoms with Crippen LogP contribution in [0.1, 0.15) is 42.9 Å². The van der Waals surface area contributed by atoms with Crippen LogP contribution in [0.4, 0.5) is 0 Å². The van der Waals surface area contributed by atoms with Crippen LogP contribution in [0.15, 0.2) is 18.5 Å². The minimum atomic E-state index is -0.449. The first-order chi connectivity index (χ1) is 9.72. The molecule has 0 bridgehead atoms. The number of aliphatic hydroxyl groups is 1. The maximum Gasteiger partial charge on any atom is 0.0988 e. The number of ether oxygens (including phenoxy) is 1. The Morgan fingerprint density at radius 1 is 1.25 bits per heavy atom. The molecule has 0 spiro atoms. The Kier molecular flexibility index (Phi) is 4.06. The number of aliphatic hydroxyl groups excluding tert-OH is 1. The molecule has 0 radical (unpaired) electrons. The molecule has 1 saturated carbocycles. The fourth-order valence-corrected chi connectivity index (χ4v) is 3.80. The van der Waals surface area contributed by atoms with Gasteiger partial charge in [0.25, 0.3) is 0 Å². The molecule has 4 nitrogen and oxygen atoms in total. The van der Waals surface area contributed by atoms with Gasteiger partial charge in [0.05, 0.1) is 24.9 Å². The number of pyridine rings is 1. The van der Waals surface area contributed by atoms with E-state index in [4.69, 9.17) is 4.74 Å². The van der Waals surface area contributed by atoms with E-state index in [9.17, 15) is 5.11 Å². The summed E-state index contributed by atoms with van der Waals surface area (Å²) in [6.45, 7) is 5.44. The SMILES string of the molecule is Cc1cncc(C(O)C2(N3CCOCC3)CCCC2)c1. The summed E-state index contributed by atoms with van der Waals surface area (Å²) in [5, 5.41) is 11.0. The maximum absolute atomic E-state index is 11.0. The Labute approximate surface area is 120 Å². The van der Waals surface area contributed by atoms with Crippen molar-refractivity contribution in [1.29, 1.82) is 0 Å². The lowest BCUT2D eigenvalue weighted by Crippen LogP contribution is -2.55. The van der Waals surface area contributed by atoms with Crippen molar-refractivity contribution in [1.82, 2.24) is 9.88 Å². The predicted octanol–water partition coefficient (Wildman–Crippen LogP) is 2.07. The van der Waals surface area contributed by atoms with Gasteiger partial charge in [0.15, 0.2) is 0 Å². The average Bonchev–Trinajstić information content (AvgIpc) is 2.98. The number of aromatic nitrogens is 1. The molecule has 0 aromatic carbocycles. The van der Waals surface area contributed by atoms with E-state index < -0.39 is 6.10 Å². The van der Waals surface area contributed by atoms with Crippen LogP contribution in [0.25, 0.3) is 0 Å². The van der Waals surface area contributed by atoms with Crippen LogP contribution in [0.5, 0.6) is 0 Å². The lowest BCUT2D eigenvalue weighted by atomic mass is 9.84. The molecule has 20 heavy (non-hydrogen) atoms. The summed E-state index contributed by atoms with van der Waals surface area (Å²) < 4.78 is 5.47. The molecule has 1 N–H and O–H groups in total. The molecular formula is C16H24N2O2. The third kappa shape index (κ3) is 2.48. The van der Waals surface area contributed by atoms with Gasteiger partial charge in [-0.2, -0.15) is 0 Å². The van der Waals surface area contributed by atoms with E-state index in [0.717, 1.165) is 50.3 Å². The van der Waals surface area contributed by atoms with Crippen LogP contribution in [-0.4, -0.2) is 46.8 Å². The molecule has 1 aliphatic heterocycles. The van der Waals surface area contributed by atoms with E-state index in [1.54, 1.807) is 0 Å². The van der Waals surface area contributed by atoms with Gasteiger partial charge in [-0.3, -0.25) is 9.88 Å². The average molecular weight is 276 g/mol. The van der Waals surface area contributed by atoms with Crippen LogP contribution >= 0.6 is 0 Å². The Morgan fingerprint density at radius 3 is 2.60 bits per heavy atom. The summed E-state index contributed by atoms with van der Waals surface area (Å²) >= 11 is 0. The second kappa shape index (κ2) is 5.80. The second-order valence-corrected chi connectivity index (χ2v) is 6.11. The largest absolute Gasteiger partial charge is 0.386 e. The minimum Gasteiger partial charge on any atom is -0.386 e. The Bertz CT molecular complexity index is 452. The zero-order chi connectivity index (χ0) is 14.0. The molecule has 1 aromatic rings. The van der Waals surface area contributed by atoms with Gasteiger partial charge >= 0.3 is 0 Å². The van der Waals surface area contributed by atoms with Crippen LogP contribution in [0.3, 0.4) is 0 Å². The third-order valence-electron chi connectivity index (χ3n) is 4.83. The lowest BCUT2D eigenvalue weighted by molar-refractivity contribution is -0.0775. The molecule has 0 amide bonds. The van der Waals surface area contributed by atoms with Crippen molar-refractivity contribution in [2.24, 2.45) is 0 Å². The van der Waals surface area contributed by atoms with Crippen molar-refractivity contribution >= 4 is 0 Å². The molecular weight excluding hydrogens is 252 g/mol.